The highest BCUT2D eigenvalue weighted by molar-refractivity contribution is 5.74. The maximum absolute atomic E-state index is 11.3. The van der Waals surface area contributed by atoms with Crippen molar-refractivity contribution in [2.24, 2.45) is 5.92 Å². The second kappa shape index (κ2) is 7.96. The summed E-state index contributed by atoms with van der Waals surface area (Å²) in [6.45, 7) is 6.58. The Labute approximate surface area is 96.6 Å². The first kappa shape index (κ1) is 14.7. The number of hydrogen-bond acceptors (Lipinski definition) is 2. The maximum atomic E-state index is 11.3. The molecule has 0 aromatic carbocycles. The molecule has 0 saturated carbocycles. The van der Waals surface area contributed by atoms with Crippen LogP contribution in [0.4, 0.5) is 4.79 Å². The monoisotopic (exact) mass is 230 g/mol. The number of carbonyl (C=O) groups excluding carboxylic acids is 1. The van der Waals surface area contributed by atoms with E-state index in [2.05, 4.69) is 24.5 Å². The van der Waals surface area contributed by atoms with Crippen molar-refractivity contribution in [2.45, 2.75) is 46.1 Å². The Bertz CT molecular complexity index is 231. The Morgan fingerprint density at radius 3 is 2.44 bits per heavy atom. The first-order chi connectivity index (χ1) is 7.45. The molecule has 5 heteroatoms. The number of carboxylic acid groups (broad SMARTS) is 1. The number of aliphatic carboxylic acids is 1. The molecule has 0 aliphatic carbocycles. The van der Waals surface area contributed by atoms with Crippen LogP contribution >= 0.6 is 0 Å². The van der Waals surface area contributed by atoms with E-state index in [9.17, 15) is 9.59 Å². The van der Waals surface area contributed by atoms with Gasteiger partial charge in [0.25, 0.3) is 0 Å². The van der Waals surface area contributed by atoms with Crippen LogP contribution in [0.3, 0.4) is 0 Å². The van der Waals surface area contributed by atoms with Crippen LogP contribution in [0.1, 0.15) is 40.0 Å². The average molecular weight is 230 g/mol. The predicted molar refractivity (Wildman–Crippen MR) is 62.3 cm³/mol. The van der Waals surface area contributed by atoms with Crippen LogP contribution in [0.2, 0.25) is 0 Å². The second-order valence-corrected chi connectivity index (χ2v) is 4.20. The fraction of sp³-hybridized carbons (Fsp3) is 0.818. The van der Waals surface area contributed by atoms with Crippen LogP contribution in [0.25, 0.3) is 0 Å². The minimum Gasteiger partial charge on any atom is -0.481 e. The Balaban J connectivity index is 3.65. The standard InChI is InChI=1S/C11H22N2O3/c1-4-8(2)7-12-11(16)13-9(3)5-6-10(14)15/h8-9H,4-7H2,1-3H3,(H,14,15)(H2,12,13,16). The maximum Gasteiger partial charge on any atom is 0.315 e. The molecule has 0 aromatic heterocycles. The van der Waals surface area contributed by atoms with Gasteiger partial charge in [-0.2, -0.15) is 0 Å². The van der Waals surface area contributed by atoms with Gasteiger partial charge in [-0.05, 0) is 19.3 Å². The molecule has 0 aliphatic rings. The molecular formula is C11H22N2O3. The number of nitrogens with one attached hydrogen (secondary N) is 2. The number of urea groups is 1. The van der Waals surface area contributed by atoms with Crippen LogP contribution in [-0.4, -0.2) is 29.7 Å². The van der Waals surface area contributed by atoms with Crippen molar-refractivity contribution in [3.8, 4) is 0 Å². The summed E-state index contributed by atoms with van der Waals surface area (Å²) in [4.78, 5) is 21.7. The van der Waals surface area contributed by atoms with E-state index in [0.717, 1.165) is 6.42 Å². The zero-order valence-electron chi connectivity index (χ0n) is 10.2. The third-order valence-corrected chi connectivity index (χ3v) is 2.48. The number of carbonyl (C=O) groups is 2. The van der Waals surface area contributed by atoms with E-state index >= 15 is 0 Å². The van der Waals surface area contributed by atoms with Crippen LogP contribution in [0.15, 0.2) is 0 Å². The third kappa shape index (κ3) is 8.08. The minimum absolute atomic E-state index is 0.0762. The molecule has 0 fully saturated rings. The lowest BCUT2D eigenvalue weighted by molar-refractivity contribution is -0.137. The van der Waals surface area contributed by atoms with Crippen molar-refractivity contribution in [1.29, 1.82) is 0 Å². The van der Waals surface area contributed by atoms with E-state index in [1.807, 2.05) is 0 Å². The molecule has 2 amide bonds. The molecule has 0 aromatic rings. The van der Waals surface area contributed by atoms with Gasteiger partial charge in [0.2, 0.25) is 0 Å². The van der Waals surface area contributed by atoms with Gasteiger partial charge < -0.3 is 15.7 Å². The van der Waals surface area contributed by atoms with Gasteiger partial charge >= 0.3 is 12.0 Å². The average Bonchev–Trinajstić information content (AvgIpc) is 2.23. The second-order valence-electron chi connectivity index (χ2n) is 4.20. The Kier molecular flexibility index (Phi) is 7.33. The van der Waals surface area contributed by atoms with Gasteiger partial charge in [0, 0.05) is 19.0 Å². The normalized spacial score (nSPS) is 13.9. The van der Waals surface area contributed by atoms with E-state index in [0.29, 0.717) is 18.9 Å². The number of hydrogen-bond donors (Lipinski definition) is 3. The largest absolute Gasteiger partial charge is 0.481 e. The van der Waals surface area contributed by atoms with Gasteiger partial charge in [0.1, 0.15) is 0 Å². The van der Waals surface area contributed by atoms with E-state index in [-0.39, 0.29) is 18.5 Å². The molecule has 5 nitrogen and oxygen atoms in total. The van der Waals surface area contributed by atoms with Gasteiger partial charge in [-0.3, -0.25) is 4.79 Å². The van der Waals surface area contributed by atoms with Crippen molar-refractivity contribution in [3.05, 3.63) is 0 Å². The molecule has 0 spiro atoms. The van der Waals surface area contributed by atoms with Crippen molar-refractivity contribution in [2.75, 3.05) is 6.54 Å². The highest BCUT2D eigenvalue weighted by atomic mass is 16.4. The van der Waals surface area contributed by atoms with Gasteiger partial charge in [-0.15, -0.1) is 0 Å². The van der Waals surface area contributed by atoms with Crippen molar-refractivity contribution >= 4 is 12.0 Å². The molecule has 0 saturated heterocycles. The van der Waals surface area contributed by atoms with Gasteiger partial charge in [0.05, 0.1) is 0 Å². The van der Waals surface area contributed by atoms with Crippen molar-refractivity contribution in [3.63, 3.8) is 0 Å². The van der Waals surface area contributed by atoms with Crippen molar-refractivity contribution in [1.82, 2.24) is 10.6 Å². The highest BCUT2D eigenvalue weighted by Crippen LogP contribution is 1.98. The lowest BCUT2D eigenvalue weighted by Crippen LogP contribution is -2.42. The summed E-state index contributed by atoms with van der Waals surface area (Å²) in [5.41, 5.74) is 0. The molecule has 0 heterocycles. The molecule has 0 aliphatic heterocycles. The van der Waals surface area contributed by atoms with E-state index in [1.165, 1.54) is 0 Å². The molecule has 94 valence electrons. The van der Waals surface area contributed by atoms with Crippen LogP contribution in [-0.2, 0) is 4.79 Å². The molecule has 2 unspecified atom stereocenters. The van der Waals surface area contributed by atoms with Crippen LogP contribution in [0, 0.1) is 5.92 Å². The fourth-order valence-electron chi connectivity index (χ4n) is 1.10. The van der Waals surface area contributed by atoms with Crippen molar-refractivity contribution < 1.29 is 14.7 Å². The van der Waals surface area contributed by atoms with E-state index in [1.54, 1.807) is 6.92 Å². The van der Waals surface area contributed by atoms with Gasteiger partial charge in [-0.25, -0.2) is 4.79 Å². The summed E-state index contributed by atoms with van der Waals surface area (Å²) < 4.78 is 0. The summed E-state index contributed by atoms with van der Waals surface area (Å²) in [5, 5.41) is 13.9. The topological polar surface area (TPSA) is 78.4 Å². The summed E-state index contributed by atoms with van der Waals surface area (Å²) >= 11 is 0. The molecule has 2 atom stereocenters. The minimum atomic E-state index is -0.839. The first-order valence-corrected chi connectivity index (χ1v) is 5.71. The molecule has 16 heavy (non-hydrogen) atoms. The zero-order valence-corrected chi connectivity index (χ0v) is 10.2. The molecule has 0 rings (SSSR count). The third-order valence-electron chi connectivity index (χ3n) is 2.48. The number of carboxylic acids is 1. The predicted octanol–water partition coefficient (Wildman–Crippen LogP) is 1.58. The van der Waals surface area contributed by atoms with E-state index in [4.69, 9.17) is 5.11 Å². The number of rotatable bonds is 7. The Morgan fingerprint density at radius 1 is 1.31 bits per heavy atom. The van der Waals surface area contributed by atoms with E-state index < -0.39 is 5.97 Å². The molecule has 3 N–H and O–H groups in total. The summed E-state index contributed by atoms with van der Waals surface area (Å²) in [6, 6.07) is -0.341. The van der Waals surface area contributed by atoms with Crippen LogP contribution in [0.5, 0.6) is 0 Å². The van der Waals surface area contributed by atoms with Gasteiger partial charge in [0.15, 0.2) is 0 Å². The molecule has 0 radical (unpaired) electrons. The Morgan fingerprint density at radius 2 is 1.94 bits per heavy atom. The highest BCUT2D eigenvalue weighted by Gasteiger charge is 2.09. The lowest BCUT2D eigenvalue weighted by Gasteiger charge is -2.15. The lowest BCUT2D eigenvalue weighted by atomic mass is 10.1. The molecule has 0 bridgehead atoms. The zero-order chi connectivity index (χ0) is 12.6. The quantitative estimate of drug-likeness (QED) is 0.621. The summed E-state index contributed by atoms with van der Waals surface area (Å²) in [7, 11) is 0. The summed E-state index contributed by atoms with van der Waals surface area (Å²) in [5.74, 6) is -0.381. The number of amides is 2. The smallest absolute Gasteiger partial charge is 0.315 e. The fourth-order valence-corrected chi connectivity index (χ4v) is 1.10. The Hall–Kier alpha value is -1.26. The first-order valence-electron chi connectivity index (χ1n) is 5.71. The molecular weight excluding hydrogens is 208 g/mol. The summed E-state index contributed by atoms with van der Waals surface area (Å²) in [6.07, 6.45) is 1.55. The van der Waals surface area contributed by atoms with Gasteiger partial charge in [-0.1, -0.05) is 20.3 Å². The van der Waals surface area contributed by atoms with Crippen LogP contribution < -0.4 is 10.6 Å². The SMILES string of the molecule is CCC(C)CNC(=O)NC(C)CCC(=O)O.